The van der Waals surface area contributed by atoms with Gasteiger partial charge in [-0.15, -0.1) is 0 Å². The summed E-state index contributed by atoms with van der Waals surface area (Å²) in [6.07, 6.45) is 0.432. The van der Waals surface area contributed by atoms with Crippen molar-refractivity contribution in [3.8, 4) is 5.75 Å². The number of halogens is 4. The SMILES string of the molecule is COc1ccc(CCNc2c(F)c(F)cc(F)c2F)cc1. The van der Waals surface area contributed by atoms with Crippen LogP contribution in [0.1, 0.15) is 5.56 Å². The van der Waals surface area contributed by atoms with E-state index < -0.39 is 29.0 Å². The summed E-state index contributed by atoms with van der Waals surface area (Å²) in [6, 6.07) is 7.26. The smallest absolute Gasteiger partial charge is 0.185 e. The zero-order chi connectivity index (χ0) is 15.4. The van der Waals surface area contributed by atoms with Crippen molar-refractivity contribution in [3.05, 3.63) is 59.2 Å². The van der Waals surface area contributed by atoms with Gasteiger partial charge in [-0.2, -0.15) is 0 Å². The van der Waals surface area contributed by atoms with Crippen LogP contribution >= 0.6 is 0 Å². The van der Waals surface area contributed by atoms with Crippen molar-refractivity contribution in [3.63, 3.8) is 0 Å². The molecule has 0 fully saturated rings. The van der Waals surface area contributed by atoms with Gasteiger partial charge in [0.1, 0.15) is 11.4 Å². The Kier molecular flexibility index (Phi) is 4.67. The van der Waals surface area contributed by atoms with Gasteiger partial charge >= 0.3 is 0 Å². The highest BCUT2D eigenvalue weighted by Crippen LogP contribution is 2.24. The van der Waals surface area contributed by atoms with Gasteiger partial charge in [-0.05, 0) is 24.1 Å². The molecule has 21 heavy (non-hydrogen) atoms. The van der Waals surface area contributed by atoms with E-state index in [1.807, 2.05) is 0 Å². The molecule has 0 unspecified atom stereocenters. The Morgan fingerprint density at radius 1 is 0.952 bits per heavy atom. The van der Waals surface area contributed by atoms with Gasteiger partial charge in [-0.1, -0.05) is 12.1 Å². The topological polar surface area (TPSA) is 21.3 Å². The molecule has 6 heteroatoms. The van der Waals surface area contributed by atoms with Gasteiger partial charge in [0.15, 0.2) is 23.3 Å². The standard InChI is InChI=1S/C15H13F4NO/c1-21-10-4-2-9(3-5-10)6-7-20-15-13(18)11(16)8-12(17)14(15)19/h2-5,8,20H,6-7H2,1H3. The van der Waals surface area contributed by atoms with Gasteiger partial charge in [0.2, 0.25) is 0 Å². The van der Waals surface area contributed by atoms with E-state index in [4.69, 9.17) is 4.74 Å². The minimum atomic E-state index is -1.43. The molecule has 0 saturated carbocycles. The van der Waals surface area contributed by atoms with Crippen LogP contribution in [-0.4, -0.2) is 13.7 Å². The Balaban J connectivity index is 2.03. The molecule has 2 aromatic rings. The molecule has 2 aromatic carbocycles. The van der Waals surface area contributed by atoms with E-state index in [-0.39, 0.29) is 12.6 Å². The Morgan fingerprint density at radius 3 is 2.05 bits per heavy atom. The van der Waals surface area contributed by atoms with Crippen LogP contribution in [0.4, 0.5) is 23.2 Å². The monoisotopic (exact) mass is 299 g/mol. The molecule has 0 amide bonds. The molecule has 0 aliphatic carbocycles. The van der Waals surface area contributed by atoms with Crippen molar-refractivity contribution in [1.29, 1.82) is 0 Å². The van der Waals surface area contributed by atoms with Crippen molar-refractivity contribution in [2.45, 2.75) is 6.42 Å². The van der Waals surface area contributed by atoms with Crippen molar-refractivity contribution in [1.82, 2.24) is 0 Å². The van der Waals surface area contributed by atoms with Gasteiger partial charge in [0.25, 0.3) is 0 Å². The Morgan fingerprint density at radius 2 is 1.52 bits per heavy atom. The fraction of sp³-hybridized carbons (Fsp3) is 0.200. The highest BCUT2D eigenvalue weighted by molar-refractivity contribution is 5.47. The molecular formula is C15H13F4NO. The fourth-order valence-corrected chi connectivity index (χ4v) is 1.85. The quantitative estimate of drug-likeness (QED) is 0.667. The molecule has 1 N–H and O–H groups in total. The first-order valence-electron chi connectivity index (χ1n) is 6.22. The molecule has 0 radical (unpaired) electrons. The molecule has 2 nitrogen and oxygen atoms in total. The molecule has 0 heterocycles. The molecule has 2 rings (SSSR count). The third kappa shape index (κ3) is 3.45. The molecule has 0 atom stereocenters. The normalized spacial score (nSPS) is 10.5. The van der Waals surface area contributed by atoms with Crippen LogP contribution in [0.25, 0.3) is 0 Å². The lowest BCUT2D eigenvalue weighted by molar-refractivity contribution is 0.414. The van der Waals surface area contributed by atoms with Gasteiger partial charge in [0.05, 0.1) is 7.11 Å². The average Bonchev–Trinajstić information content (AvgIpc) is 2.49. The van der Waals surface area contributed by atoms with E-state index in [0.29, 0.717) is 12.2 Å². The van der Waals surface area contributed by atoms with Crippen LogP contribution in [0.15, 0.2) is 30.3 Å². The maximum Gasteiger partial charge on any atom is 0.185 e. The highest BCUT2D eigenvalue weighted by atomic mass is 19.2. The molecule has 0 spiro atoms. The van der Waals surface area contributed by atoms with Gasteiger partial charge in [0, 0.05) is 12.6 Å². The lowest BCUT2D eigenvalue weighted by Gasteiger charge is -2.10. The molecule has 0 aliphatic rings. The number of hydrogen-bond donors (Lipinski definition) is 1. The minimum Gasteiger partial charge on any atom is -0.497 e. The second kappa shape index (κ2) is 6.47. The zero-order valence-electron chi connectivity index (χ0n) is 11.2. The fourth-order valence-electron chi connectivity index (χ4n) is 1.85. The summed E-state index contributed by atoms with van der Waals surface area (Å²) in [5.41, 5.74) is 0.0991. The van der Waals surface area contributed by atoms with Crippen LogP contribution in [-0.2, 0) is 6.42 Å². The van der Waals surface area contributed by atoms with E-state index in [0.717, 1.165) is 5.56 Å². The number of nitrogens with one attached hydrogen (secondary N) is 1. The van der Waals surface area contributed by atoms with Crippen molar-refractivity contribution in [2.24, 2.45) is 0 Å². The first-order chi connectivity index (χ1) is 10.0. The Labute approximate surface area is 119 Å². The van der Waals surface area contributed by atoms with Crippen LogP contribution in [0.2, 0.25) is 0 Å². The highest BCUT2D eigenvalue weighted by Gasteiger charge is 2.18. The molecule has 112 valence electrons. The maximum absolute atomic E-state index is 13.4. The molecule has 0 bridgehead atoms. The van der Waals surface area contributed by atoms with Crippen molar-refractivity contribution < 1.29 is 22.3 Å². The number of anilines is 1. The van der Waals surface area contributed by atoms with E-state index in [2.05, 4.69) is 5.32 Å². The third-order valence-corrected chi connectivity index (χ3v) is 2.99. The van der Waals surface area contributed by atoms with Crippen LogP contribution < -0.4 is 10.1 Å². The maximum atomic E-state index is 13.4. The van der Waals surface area contributed by atoms with Crippen LogP contribution in [0.5, 0.6) is 5.75 Å². The first kappa shape index (κ1) is 15.2. The molecular weight excluding hydrogens is 286 g/mol. The predicted molar refractivity (Wildman–Crippen MR) is 71.5 cm³/mol. The molecule has 0 aromatic heterocycles. The van der Waals surface area contributed by atoms with E-state index >= 15 is 0 Å². The summed E-state index contributed by atoms with van der Waals surface area (Å²) >= 11 is 0. The van der Waals surface area contributed by atoms with Gasteiger partial charge < -0.3 is 10.1 Å². The van der Waals surface area contributed by atoms with Gasteiger partial charge in [-0.3, -0.25) is 0 Å². The summed E-state index contributed by atoms with van der Waals surface area (Å²) in [5, 5.41) is 2.38. The lowest BCUT2D eigenvalue weighted by atomic mass is 10.1. The minimum absolute atomic E-state index is 0.128. The zero-order valence-corrected chi connectivity index (χ0v) is 11.2. The molecule has 0 saturated heterocycles. The summed E-state index contributed by atoms with van der Waals surface area (Å²) in [5.74, 6) is -5.02. The average molecular weight is 299 g/mol. The summed E-state index contributed by atoms with van der Waals surface area (Å²) < 4.78 is 57.9. The van der Waals surface area contributed by atoms with Crippen LogP contribution in [0, 0.1) is 23.3 Å². The summed E-state index contributed by atoms with van der Waals surface area (Å²) in [4.78, 5) is 0. The Bertz CT molecular complexity index is 602. The molecule has 0 aliphatic heterocycles. The number of ether oxygens (including phenoxy) is 1. The third-order valence-electron chi connectivity index (χ3n) is 2.99. The Hall–Kier alpha value is -2.24. The van der Waals surface area contributed by atoms with E-state index in [9.17, 15) is 17.6 Å². The first-order valence-corrected chi connectivity index (χ1v) is 6.22. The largest absolute Gasteiger partial charge is 0.497 e. The van der Waals surface area contributed by atoms with E-state index in [1.165, 1.54) is 0 Å². The second-order valence-corrected chi connectivity index (χ2v) is 4.37. The number of rotatable bonds is 5. The number of hydrogen-bond acceptors (Lipinski definition) is 2. The van der Waals surface area contributed by atoms with Gasteiger partial charge in [-0.25, -0.2) is 17.6 Å². The van der Waals surface area contributed by atoms with Crippen molar-refractivity contribution in [2.75, 3.05) is 19.0 Å². The lowest BCUT2D eigenvalue weighted by Crippen LogP contribution is -2.10. The number of methoxy groups -OCH3 is 1. The van der Waals surface area contributed by atoms with E-state index in [1.54, 1.807) is 31.4 Å². The predicted octanol–water partition coefficient (Wildman–Crippen LogP) is 3.91. The van der Waals surface area contributed by atoms with Crippen molar-refractivity contribution >= 4 is 5.69 Å². The second-order valence-electron chi connectivity index (χ2n) is 4.37. The van der Waals surface area contributed by atoms with Crippen LogP contribution in [0.3, 0.4) is 0 Å². The summed E-state index contributed by atoms with van der Waals surface area (Å²) in [6.45, 7) is 0.128. The number of benzene rings is 2. The summed E-state index contributed by atoms with van der Waals surface area (Å²) in [7, 11) is 1.54.